The van der Waals surface area contributed by atoms with E-state index in [1.165, 1.54) is 19.3 Å². The summed E-state index contributed by atoms with van der Waals surface area (Å²) in [5, 5.41) is 0. The zero-order chi connectivity index (χ0) is 11.4. The normalized spacial score (nSPS) is 26.6. The fourth-order valence-corrected chi connectivity index (χ4v) is 2.88. The molecular formula is C13H24FNO. The monoisotopic (exact) mass is 229 g/mol. The van der Waals surface area contributed by atoms with Crippen LogP contribution in [0.25, 0.3) is 0 Å². The van der Waals surface area contributed by atoms with Crippen molar-refractivity contribution in [3.63, 3.8) is 0 Å². The number of piperidine rings is 1. The van der Waals surface area contributed by atoms with E-state index in [-0.39, 0.29) is 0 Å². The molecule has 1 aliphatic heterocycles. The van der Waals surface area contributed by atoms with Crippen LogP contribution >= 0.6 is 0 Å². The van der Waals surface area contributed by atoms with E-state index in [0.717, 1.165) is 45.7 Å². The molecule has 0 aromatic heterocycles. The number of alkyl halides is 1. The molecule has 1 heterocycles. The smallest absolute Gasteiger partial charge is 0.103 e. The molecule has 0 aromatic rings. The van der Waals surface area contributed by atoms with Gasteiger partial charge in [-0.1, -0.05) is 6.42 Å². The molecule has 1 saturated carbocycles. The lowest BCUT2D eigenvalue weighted by Gasteiger charge is -2.46. The van der Waals surface area contributed by atoms with Gasteiger partial charge in [-0.25, -0.2) is 4.39 Å². The average molecular weight is 229 g/mol. The van der Waals surface area contributed by atoms with Crippen molar-refractivity contribution in [3.8, 4) is 0 Å². The second-order valence-electron chi connectivity index (χ2n) is 5.44. The van der Waals surface area contributed by atoms with Crippen LogP contribution < -0.4 is 0 Å². The molecule has 1 aliphatic carbocycles. The van der Waals surface area contributed by atoms with Gasteiger partial charge >= 0.3 is 0 Å². The van der Waals surface area contributed by atoms with Gasteiger partial charge in [0.1, 0.15) is 6.17 Å². The maximum Gasteiger partial charge on any atom is 0.103 e. The first-order valence-corrected chi connectivity index (χ1v) is 6.68. The van der Waals surface area contributed by atoms with E-state index in [4.69, 9.17) is 4.74 Å². The van der Waals surface area contributed by atoms with Gasteiger partial charge in [0, 0.05) is 31.7 Å². The van der Waals surface area contributed by atoms with Gasteiger partial charge in [0.25, 0.3) is 0 Å². The molecule has 3 heteroatoms. The first kappa shape index (κ1) is 12.3. The minimum absolute atomic E-state index is 0.402. The van der Waals surface area contributed by atoms with Crippen LogP contribution in [0.5, 0.6) is 0 Å². The third-order valence-corrected chi connectivity index (χ3v) is 4.10. The fourth-order valence-electron chi connectivity index (χ4n) is 2.88. The van der Waals surface area contributed by atoms with Crippen LogP contribution in [0.4, 0.5) is 4.39 Å². The van der Waals surface area contributed by atoms with E-state index in [1.54, 1.807) is 0 Å². The van der Waals surface area contributed by atoms with E-state index in [2.05, 4.69) is 11.8 Å². The SMILES string of the molecule is CCOCC1(CN2CCC(F)CC2)CCC1. The summed E-state index contributed by atoms with van der Waals surface area (Å²) in [6.07, 6.45) is 4.83. The van der Waals surface area contributed by atoms with Crippen molar-refractivity contribution in [3.05, 3.63) is 0 Å². The summed E-state index contributed by atoms with van der Waals surface area (Å²) >= 11 is 0. The summed E-state index contributed by atoms with van der Waals surface area (Å²) < 4.78 is 18.6. The molecule has 94 valence electrons. The van der Waals surface area contributed by atoms with Crippen LogP contribution in [0.15, 0.2) is 0 Å². The standard InChI is InChI=1S/C13H24FNO/c1-2-16-11-13(6-3-7-13)10-15-8-4-12(14)5-9-15/h12H,2-11H2,1H3. The predicted molar refractivity (Wildman–Crippen MR) is 63.3 cm³/mol. The van der Waals surface area contributed by atoms with E-state index in [0.29, 0.717) is 5.41 Å². The van der Waals surface area contributed by atoms with Gasteiger partial charge in [-0.15, -0.1) is 0 Å². The van der Waals surface area contributed by atoms with Crippen molar-refractivity contribution in [1.82, 2.24) is 4.90 Å². The number of nitrogens with zero attached hydrogens (tertiary/aromatic N) is 1. The lowest BCUT2D eigenvalue weighted by Crippen LogP contribution is -2.48. The Bertz CT molecular complexity index is 210. The van der Waals surface area contributed by atoms with Crippen LogP contribution in [-0.2, 0) is 4.74 Å². The molecule has 0 N–H and O–H groups in total. The summed E-state index contributed by atoms with van der Waals surface area (Å²) in [6, 6.07) is 0. The van der Waals surface area contributed by atoms with Gasteiger partial charge in [-0.2, -0.15) is 0 Å². The third kappa shape index (κ3) is 2.95. The molecule has 16 heavy (non-hydrogen) atoms. The molecule has 2 fully saturated rings. The number of likely N-dealkylation sites (tertiary alicyclic amines) is 1. The summed E-state index contributed by atoms with van der Waals surface area (Å²) in [7, 11) is 0. The van der Waals surface area contributed by atoms with Crippen LogP contribution in [0.2, 0.25) is 0 Å². The van der Waals surface area contributed by atoms with Crippen LogP contribution in [0, 0.1) is 5.41 Å². The summed E-state index contributed by atoms with van der Waals surface area (Å²) in [6.45, 7) is 6.78. The number of ether oxygens (including phenoxy) is 1. The molecule has 2 rings (SSSR count). The van der Waals surface area contributed by atoms with Crippen molar-refractivity contribution in [2.45, 2.75) is 45.2 Å². The highest BCUT2D eigenvalue weighted by Crippen LogP contribution is 2.42. The lowest BCUT2D eigenvalue weighted by atomic mass is 9.69. The Hall–Kier alpha value is -0.150. The number of hydrogen-bond donors (Lipinski definition) is 0. The van der Waals surface area contributed by atoms with Gasteiger partial charge in [-0.3, -0.25) is 0 Å². The van der Waals surface area contributed by atoms with E-state index >= 15 is 0 Å². The van der Waals surface area contributed by atoms with Gasteiger partial charge in [0.2, 0.25) is 0 Å². The van der Waals surface area contributed by atoms with Crippen LogP contribution in [0.1, 0.15) is 39.0 Å². The molecule has 2 aliphatic rings. The highest BCUT2D eigenvalue weighted by atomic mass is 19.1. The summed E-state index contributed by atoms with van der Waals surface area (Å²) in [5.41, 5.74) is 0.402. The van der Waals surface area contributed by atoms with Gasteiger partial charge < -0.3 is 9.64 Å². The Labute approximate surface area is 98.1 Å². The Morgan fingerprint density at radius 2 is 2.00 bits per heavy atom. The molecule has 0 amide bonds. The number of hydrogen-bond acceptors (Lipinski definition) is 2. The Morgan fingerprint density at radius 3 is 2.50 bits per heavy atom. The minimum Gasteiger partial charge on any atom is -0.381 e. The van der Waals surface area contributed by atoms with Crippen molar-refractivity contribution >= 4 is 0 Å². The third-order valence-electron chi connectivity index (χ3n) is 4.10. The molecule has 0 spiro atoms. The van der Waals surface area contributed by atoms with E-state index in [1.807, 2.05) is 0 Å². The Kier molecular flexibility index (Phi) is 4.20. The molecule has 0 bridgehead atoms. The minimum atomic E-state index is -0.555. The molecule has 2 nitrogen and oxygen atoms in total. The second kappa shape index (κ2) is 5.46. The molecule has 0 atom stereocenters. The molecule has 0 unspecified atom stereocenters. The van der Waals surface area contributed by atoms with Crippen molar-refractivity contribution in [2.75, 3.05) is 32.8 Å². The highest BCUT2D eigenvalue weighted by molar-refractivity contribution is 4.91. The van der Waals surface area contributed by atoms with Crippen molar-refractivity contribution in [1.29, 1.82) is 0 Å². The van der Waals surface area contributed by atoms with Gasteiger partial charge in [-0.05, 0) is 32.6 Å². The van der Waals surface area contributed by atoms with E-state index < -0.39 is 6.17 Å². The quantitative estimate of drug-likeness (QED) is 0.718. The maximum atomic E-state index is 13.0. The largest absolute Gasteiger partial charge is 0.381 e. The predicted octanol–water partition coefficient (Wildman–Crippen LogP) is 2.63. The lowest BCUT2D eigenvalue weighted by molar-refractivity contribution is -0.0323. The van der Waals surface area contributed by atoms with Gasteiger partial charge in [0.05, 0.1) is 6.61 Å². The first-order chi connectivity index (χ1) is 7.74. The zero-order valence-corrected chi connectivity index (χ0v) is 10.4. The second-order valence-corrected chi connectivity index (χ2v) is 5.44. The van der Waals surface area contributed by atoms with Crippen LogP contribution in [-0.4, -0.2) is 43.9 Å². The molecule has 0 aromatic carbocycles. The molecular weight excluding hydrogens is 205 g/mol. The average Bonchev–Trinajstić information content (AvgIpc) is 2.25. The Morgan fingerprint density at radius 1 is 1.31 bits per heavy atom. The number of halogens is 1. The first-order valence-electron chi connectivity index (χ1n) is 6.68. The van der Waals surface area contributed by atoms with Crippen molar-refractivity contribution in [2.24, 2.45) is 5.41 Å². The highest BCUT2D eigenvalue weighted by Gasteiger charge is 2.39. The maximum absolute atomic E-state index is 13.0. The summed E-state index contributed by atoms with van der Waals surface area (Å²) in [4.78, 5) is 2.44. The zero-order valence-electron chi connectivity index (χ0n) is 10.4. The van der Waals surface area contributed by atoms with Crippen LogP contribution in [0.3, 0.4) is 0 Å². The Balaban J connectivity index is 1.77. The van der Waals surface area contributed by atoms with Crippen molar-refractivity contribution < 1.29 is 9.13 Å². The molecule has 1 saturated heterocycles. The van der Waals surface area contributed by atoms with E-state index in [9.17, 15) is 4.39 Å². The molecule has 0 radical (unpaired) electrons. The number of rotatable bonds is 5. The topological polar surface area (TPSA) is 12.5 Å². The van der Waals surface area contributed by atoms with Gasteiger partial charge in [0.15, 0.2) is 0 Å². The fraction of sp³-hybridized carbons (Fsp3) is 1.00. The summed E-state index contributed by atoms with van der Waals surface area (Å²) in [5.74, 6) is 0.